The van der Waals surface area contributed by atoms with Crippen LogP contribution < -0.4 is 14.8 Å². The lowest BCUT2D eigenvalue weighted by Crippen LogP contribution is -2.40. The maximum absolute atomic E-state index is 12.8. The maximum atomic E-state index is 12.8. The number of piperidine rings is 1. The Morgan fingerprint density at radius 1 is 1.19 bits per heavy atom. The third-order valence-electron chi connectivity index (χ3n) is 5.20. The molecule has 1 atom stereocenters. The first-order valence-corrected chi connectivity index (χ1v) is 9.40. The zero-order chi connectivity index (χ0) is 19.2. The molecule has 5 heteroatoms. The van der Waals surface area contributed by atoms with E-state index in [1.54, 1.807) is 20.3 Å². The molecule has 0 spiro atoms. The molecule has 0 bridgehead atoms. The van der Waals surface area contributed by atoms with Crippen molar-refractivity contribution < 1.29 is 14.3 Å². The average molecular weight is 368 g/mol. The first-order chi connectivity index (χ1) is 13.1. The van der Waals surface area contributed by atoms with Crippen LogP contribution in [-0.2, 0) is 11.3 Å². The predicted molar refractivity (Wildman–Crippen MR) is 107 cm³/mol. The summed E-state index contributed by atoms with van der Waals surface area (Å²) in [5.74, 6) is 1.34. The van der Waals surface area contributed by atoms with Crippen LogP contribution in [0.4, 0.5) is 5.69 Å². The average Bonchev–Trinajstić information content (AvgIpc) is 2.70. The molecule has 1 heterocycles. The number of carbonyl (C=O) groups is 1. The summed E-state index contributed by atoms with van der Waals surface area (Å²) >= 11 is 0. The Balaban J connectivity index is 1.64. The van der Waals surface area contributed by atoms with Gasteiger partial charge in [0.05, 0.1) is 25.8 Å². The fourth-order valence-electron chi connectivity index (χ4n) is 3.58. The van der Waals surface area contributed by atoms with Crippen molar-refractivity contribution in [3.05, 3.63) is 53.6 Å². The van der Waals surface area contributed by atoms with Gasteiger partial charge in [-0.25, -0.2) is 0 Å². The van der Waals surface area contributed by atoms with E-state index in [1.165, 1.54) is 11.1 Å². The minimum absolute atomic E-state index is 0.0189. The van der Waals surface area contributed by atoms with E-state index in [0.717, 1.165) is 32.5 Å². The van der Waals surface area contributed by atoms with E-state index in [-0.39, 0.29) is 11.8 Å². The molecule has 1 N–H and O–H groups in total. The van der Waals surface area contributed by atoms with Gasteiger partial charge < -0.3 is 14.8 Å². The number of aryl methyl sites for hydroxylation is 1. The van der Waals surface area contributed by atoms with E-state index in [4.69, 9.17) is 9.47 Å². The quantitative estimate of drug-likeness (QED) is 0.841. The predicted octanol–water partition coefficient (Wildman–Crippen LogP) is 3.86. The molecule has 5 nitrogen and oxygen atoms in total. The number of nitrogens with one attached hydrogen (secondary N) is 1. The third kappa shape index (κ3) is 4.80. The van der Waals surface area contributed by atoms with Crippen LogP contribution in [0.5, 0.6) is 11.5 Å². The molecule has 1 aliphatic rings. The highest BCUT2D eigenvalue weighted by Gasteiger charge is 2.26. The molecule has 1 fully saturated rings. The summed E-state index contributed by atoms with van der Waals surface area (Å²) in [6, 6.07) is 13.9. The minimum Gasteiger partial charge on any atom is -0.497 e. The first kappa shape index (κ1) is 19.2. The third-order valence-corrected chi connectivity index (χ3v) is 5.20. The van der Waals surface area contributed by atoms with E-state index in [1.807, 2.05) is 12.1 Å². The van der Waals surface area contributed by atoms with Gasteiger partial charge in [-0.05, 0) is 49.6 Å². The Kier molecular flexibility index (Phi) is 6.35. The molecule has 0 aromatic heterocycles. The van der Waals surface area contributed by atoms with E-state index < -0.39 is 0 Å². The number of carbonyl (C=O) groups excluding carboxylic acids is 1. The van der Waals surface area contributed by atoms with Crippen molar-refractivity contribution in [2.75, 3.05) is 32.6 Å². The largest absolute Gasteiger partial charge is 0.497 e. The number of hydrogen-bond donors (Lipinski definition) is 1. The molecule has 0 saturated carbocycles. The molecule has 1 unspecified atom stereocenters. The summed E-state index contributed by atoms with van der Waals surface area (Å²) in [4.78, 5) is 15.2. The highest BCUT2D eigenvalue weighted by molar-refractivity contribution is 5.94. The highest BCUT2D eigenvalue weighted by Crippen LogP contribution is 2.30. The van der Waals surface area contributed by atoms with Gasteiger partial charge in [0.1, 0.15) is 11.5 Å². The second kappa shape index (κ2) is 8.91. The number of nitrogens with zero attached hydrogens (tertiary/aromatic N) is 1. The van der Waals surface area contributed by atoms with Crippen LogP contribution in [0.25, 0.3) is 0 Å². The summed E-state index contributed by atoms with van der Waals surface area (Å²) in [5.41, 5.74) is 3.31. The second-order valence-electron chi connectivity index (χ2n) is 7.06. The molecule has 27 heavy (non-hydrogen) atoms. The van der Waals surface area contributed by atoms with E-state index >= 15 is 0 Å². The zero-order valence-corrected chi connectivity index (χ0v) is 16.3. The summed E-state index contributed by atoms with van der Waals surface area (Å²) in [6.45, 7) is 4.84. The Morgan fingerprint density at radius 2 is 2.00 bits per heavy atom. The number of benzene rings is 2. The zero-order valence-electron chi connectivity index (χ0n) is 16.3. The number of ether oxygens (including phenoxy) is 2. The summed E-state index contributed by atoms with van der Waals surface area (Å²) in [6.07, 6.45) is 1.94. The van der Waals surface area contributed by atoms with Gasteiger partial charge in [0.2, 0.25) is 5.91 Å². The lowest BCUT2D eigenvalue weighted by molar-refractivity contribution is -0.121. The number of hydrogen-bond acceptors (Lipinski definition) is 4. The van der Waals surface area contributed by atoms with Crippen molar-refractivity contribution in [3.8, 4) is 11.5 Å². The summed E-state index contributed by atoms with van der Waals surface area (Å²) in [7, 11) is 3.20. The van der Waals surface area contributed by atoms with Gasteiger partial charge in [0.25, 0.3) is 0 Å². The topological polar surface area (TPSA) is 50.8 Å². The molecular formula is C22H28N2O3. The van der Waals surface area contributed by atoms with Crippen LogP contribution in [0.1, 0.15) is 24.0 Å². The normalized spacial score (nSPS) is 17.4. The molecule has 144 valence electrons. The Labute approximate surface area is 161 Å². The van der Waals surface area contributed by atoms with Crippen molar-refractivity contribution in [1.29, 1.82) is 0 Å². The molecule has 0 radical (unpaired) electrons. The summed E-state index contributed by atoms with van der Waals surface area (Å²) in [5, 5.41) is 3.03. The molecule has 1 amide bonds. The number of amides is 1. The number of anilines is 1. The van der Waals surface area contributed by atoms with Crippen molar-refractivity contribution in [3.63, 3.8) is 0 Å². The number of methoxy groups -OCH3 is 2. The van der Waals surface area contributed by atoms with Crippen molar-refractivity contribution >= 4 is 11.6 Å². The van der Waals surface area contributed by atoms with Gasteiger partial charge in [-0.3, -0.25) is 9.69 Å². The van der Waals surface area contributed by atoms with Gasteiger partial charge in [-0.15, -0.1) is 0 Å². The SMILES string of the molecule is COc1ccc(NC(=O)C2CCCN(Cc3ccccc3C)C2)c(OC)c1. The maximum Gasteiger partial charge on any atom is 0.228 e. The van der Waals surface area contributed by atoms with Gasteiger partial charge in [0, 0.05) is 19.2 Å². The smallest absolute Gasteiger partial charge is 0.228 e. The number of rotatable bonds is 6. The van der Waals surface area contributed by atoms with E-state index in [2.05, 4.69) is 41.4 Å². The van der Waals surface area contributed by atoms with E-state index in [0.29, 0.717) is 17.2 Å². The molecule has 1 saturated heterocycles. The Morgan fingerprint density at radius 3 is 2.74 bits per heavy atom. The highest BCUT2D eigenvalue weighted by atomic mass is 16.5. The molecule has 1 aliphatic heterocycles. The fourth-order valence-corrected chi connectivity index (χ4v) is 3.58. The van der Waals surface area contributed by atoms with Crippen molar-refractivity contribution in [2.45, 2.75) is 26.3 Å². The van der Waals surface area contributed by atoms with Crippen LogP contribution >= 0.6 is 0 Å². The Hall–Kier alpha value is -2.53. The van der Waals surface area contributed by atoms with Crippen LogP contribution in [0, 0.1) is 12.8 Å². The minimum atomic E-state index is -0.0189. The van der Waals surface area contributed by atoms with Gasteiger partial charge in [-0.2, -0.15) is 0 Å². The van der Waals surface area contributed by atoms with E-state index in [9.17, 15) is 4.79 Å². The standard InChI is InChI=1S/C22H28N2O3/c1-16-7-4-5-8-17(16)14-24-12-6-9-18(15-24)22(25)23-20-11-10-19(26-2)13-21(20)27-3/h4-5,7-8,10-11,13,18H,6,9,12,14-15H2,1-3H3,(H,23,25). The monoisotopic (exact) mass is 368 g/mol. The van der Waals surface area contributed by atoms with Gasteiger partial charge in [-0.1, -0.05) is 24.3 Å². The molecule has 2 aromatic rings. The van der Waals surface area contributed by atoms with Crippen molar-refractivity contribution in [1.82, 2.24) is 4.90 Å². The van der Waals surface area contributed by atoms with Gasteiger partial charge in [0.15, 0.2) is 0 Å². The molecule has 0 aliphatic carbocycles. The Bertz CT molecular complexity index is 791. The van der Waals surface area contributed by atoms with Crippen LogP contribution in [0.15, 0.2) is 42.5 Å². The lowest BCUT2D eigenvalue weighted by atomic mass is 9.96. The lowest BCUT2D eigenvalue weighted by Gasteiger charge is -2.32. The molecular weight excluding hydrogens is 340 g/mol. The van der Waals surface area contributed by atoms with Crippen LogP contribution in [-0.4, -0.2) is 38.1 Å². The molecule has 2 aromatic carbocycles. The molecule has 3 rings (SSSR count). The fraction of sp³-hybridized carbons (Fsp3) is 0.409. The van der Waals surface area contributed by atoms with Gasteiger partial charge >= 0.3 is 0 Å². The van der Waals surface area contributed by atoms with Crippen LogP contribution in [0.2, 0.25) is 0 Å². The number of likely N-dealkylation sites (tertiary alicyclic amines) is 1. The second-order valence-corrected chi connectivity index (χ2v) is 7.06. The van der Waals surface area contributed by atoms with Crippen LogP contribution in [0.3, 0.4) is 0 Å². The summed E-state index contributed by atoms with van der Waals surface area (Å²) < 4.78 is 10.6. The first-order valence-electron chi connectivity index (χ1n) is 9.40. The van der Waals surface area contributed by atoms with Crippen molar-refractivity contribution in [2.24, 2.45) is 5.92 Å².